The maximum atomic E-state index is 12.5. The monoisotopic (exact) mass is 434 g/mol. The third-order valence-corrected chi connectivity index (χ3v) is 6.07. The SMILES string of the molecule is CSc1ccc(S(=O)(=O)N(C)CC(=O)Nc2ccc(OC(F)(F)F)cc2)cc1. The Hall–Kier alpha value is -2.24. The lowest BCUT2D eigenvalue weighted by Crippen LogP contribution is -2.34. The Morgan fingerprint density at radius 2 is 1.68 bits per heavy atom. The second-order valence-corrected chi connectivity index (χ2v) is 8.48. The van der Waals surface area contributed by atoms with Crippen molar-refractivity contribution in [2.45, 2.75) is 16.2 Å². The number of carbonyl (C=O) groups excluding carboxylic acids is 1. The fourth-order valence-corrected chi connectivity index (χ4v) is 3.69. The first-order chi connectivity index (χ1) is 13.0. The lowest BCUT2D eigenvalue weighted by atomic mass is 10.3. The number of hydrogen-bond acceptors (Lipinski definition) is 5. The summed E-state index contributed by atoms with van der Waals surface area (Å²) in [4.78, 5) is 13.0. The molecule has 0 aliphatic heterocycles. The first-order valence-corrected chi connectivity index (χ1v) is 10.4. The fraction of sp³-hybridized carbons (Fsp3) is 0.235. The van der Waals surface area contributed by atoms with Gasteiger partial charge in [0.15, 0.2) is 0 Å². The standard InChI is InChI=1S/C17H17F3N2O4S2/c1-22(28(24,25)15-9-7-14(27-2)8-10-15)11-16(23)21-12-3-5-13(6-4-12)26-17(18,19)20/h3-10H,11H2,1-2H3,(H,21,23). The summed E-state index contributed by atoms with van der Waals surface area (Å²) in [5.41, 5.74) is 0.203. The minimum absolute atomic E-state index is 0.0502. The summed E-state index contributed by atoms with van der Waals surface area (Å²) in [6, 6.07) is 10.7. The van der Waals surface area contributed by atoms with Gasteiger partial charge in [0, 0.05) is 17.6 Å². The molecule has 28 heavy (non-hydrogen) atoms. The van der Waals surface area contributed by atoms with E-state index in [9.17, 15) is 26.4 Å². The molecule has 1 N–H and O–H groups in total. The third-order valence-electron chi connectivity index (χ3n) is 3.51. The van der Waals surface area contributed by atoms with Crippen molar-refractivity contribution in [3.63, 3.8) is 0 Å². The van der Waals surface area contributed by atoms with E-state index in [0.29, 0.717) is 0 Å². The van der Waals surface area contributed by atoms with Gasteiger partial charge in [0.25, 0.3) is 0 Å². The summed E-state index contributed by atoms with van der Waals surface area (Å²) < 4.78 is 66.0. The number of sulfonamides is 1. The van der Waals surface area contributed by atoms with Crippen LogP contribution in [0.2, 0.25) is 0 Å². The average molecular weight is 434 g/mol. The van der Waals surface area contributed by atoms with Crippen LogP contribution >= 0.6 is 11.8 Å². The molecule has 0 atom stereocenters. The number of alkyl halides is 3. The largest absolute Gasteiger partial charge is 0.573 e. The number of benzene rings is 2. The summed E-state index contributed by atoms with van der Waals surface area (Å²) in [5.74, 6) is -1.07. The zero-order valence-electron chi connectivity index (χ0n) is 14.9. The van der Waals surface area contributed by atoms with Crippen molar-refractivity contribution in [3.8, 4) is 5.75 Å². The van der Waals surface area contributed by atoms with Gasteiger partial charge in [-0.3, -0.25) is 4.79 Å². The van der Waals surface area contributed by atoms with E-state index in [1.54, 1.807) is 12.1 Å². The fourth-order valence-electron chi connectivity index (χ4n) is 2.16. The number of thioether (sulfide) groups is 1. The van der Waals surface area contributed by atoms with E-state index < -0.39 is 34.6 Å². The van der Waals surface area contributed by atoms with Gasteiger partial charge >= 0.3 is 6.36 Å². The first kappa shape index (κ1) is 22.1. The number of nitrogens with zero attached hydrogens (tertiary/aromatic N) is 1. The van der Waals surface area contributed by atoms with Crippen LogP contribution in [0.3, 0.4) is 0 Å². The van der Waals surface area contributed by atoms with Gasteiger partial charge in [-0.25, -0.2) is 8.42 Å². The molecule has 0 heterocycles. The number of nitrogens with one attached hydrogen (secondary N) is 1. The molecule has 0 aliphatic carbocycles. The van der Waals surface area contributed by atoms with Gasteiger partial charge in [0.2, 0.25) is 15.9 Å². The number of anilines is 1. The van der Waals surface area contributed by atoms with Crippen LogP contribution in [0.1, 0.15) is 0 Å². The normalized spacial score (nSPS) is 12.1. The highest BCUT2D eigenvalue weighted by atomic mass is 32.2. The Morgan fingerprint density at radius 1 is 1.11 bits per heavy atom. The molecule has 0 saturated heterocycles. The highest BCUT2D eigenvalue weighted by molar-refractivity contribution is 7.98. The van der Waals surface area contributed by atoms with Crippen molar-refractivity contribution >= 4 is 33.4 Å². The second-order valence-electron chi connectivity index (χ2n) is 5.56. The maximum Gasteiger partial charge on any atom is 0.573 e. The molecule has 2 aromatic rings. The van der Waals surface area contributed by atoms with Crippen LogP contribution in [0, 0.1) is 0 Å². The van der Waals surface area contributed by atoms with Gasteiger partial charge < -0.3 is 10.1 Å². The summed E-state index contributed by atoms with van der Waals surface area (Å²) in [6.07, 6.45) is -2.95. The predicted molar refractivity (Wildman–Crippen MR) is 99.8 cm³/mol. The van der Waals surface area contributed by atoms with E-state index in [0.717, 1.165) is 21.3 Å². The van der Waals surface area contributed by atoms with Crippen molar-refractivity contribution in [1.29, 1.82) is 0 Å². The van der Waals surface area contributed by atoms with Crippen molar-refractivity contribution in [2.24, 2.45) is 0 Å². The molecule has 0 saturated carbocycles. The lowest BCUT2D eigenvalue weighted by Gasteiger charge is -2.17. The second kappa shape index (κ2) is 8.84. The summed E-state index contributed by atoms with van der Waals surface area (Å²) >= 11 is 1.47. The van der Waals surface area contributed by atoms with E-state index in [2.05, 4.69) is 10.1 Å². The number of amides is 1. The minimum atomic E-state index is -4.81. The van der Waals surface area contributed by atoms with E-state index in [1.807, 2.05) is 6.26 Å². The topological polar surface area (TPSA) is 75.7 Å². The van der Waals surface area contributed by atoms with Gasteiger partial charge in [-0.15, -0.1) is 24.9 Å². The van der Waals surface area contributed by atoms with Crippen LogP contribution in [0.25, 0.3) is 0 Å². The number of hydrogen-bond donors (Lipinski definition) is 1. The van der Waals surface area contributed by atoms with Crippen LogP contribution in [0.4, 0.5) is 18.9 Å². The number of ether oxygens (including phenoxy) is 1. The molecule has 0 unspecified atom stereocenters. The molecule has 2 rings (SSSR count). The van der Waals surface area contributed by atoms with Crippen molar-refractivity contribution in [1.82, 2.24) is 4.31 Å². The van der Waals surface area contributed by atoms with Crippen LogP contribution in [-0.4, -0.2) is 44.8 Å². The van der Waals surface area contributed by atoms with E-state index in [-0.39, 0.29) is 10.6 Å². The number of likely N-dealkylation sites (N-methyl/N-ethyl adjacent to an activating group) is 1. The molecule has 0 radical (unpaired) electrons. The van der Waals surface area contributed by atoms with Gasteiger partial charge in [-0.1, -0.05) is 0 Å². The molecular weight excluding hydrogens is 417 g/mol. The van der Waals surface area contributed by atoms with E-state index >= 15 is 0 Å². The maximum absolute atomic E-state index is 12.5. The number of halogens is 3. The minimum Gasteiger partial charge on any atom is -0.406 e. The predicted octanol–water partition coefficient (Wildman–Crippen LogP) is 3.57. The molecule has 11 heteroatoms. The smallest absolute Gasteiger partial charge is 0.406 e. The van der Waals surface area contributed by atoms with Crippen LogP contribution in [-0.2, 0) is 14.8 Å². The Balaban J connectivity index is 1.99. The molecule has 2 aromatic carbocycles. The van der Waals surface area contributed by atoms with Crippen LogP contribution in [0.5, 0.6) is 5.75 Å². The van der Waals surface area contributed by atoms with Crippen molar-refractivity contribution in [3.05, 3.63) is 48.5 Å². The van der Waals surface area contributed by atoms with Crippen LogP contribution < -0.4 is 10.1 Å². The Kier molecular flexibility index (Phi) is 6.96. The van der Waals surface area contributed by atoms with Gasteiger partial charge in [0.1, 0.15) is 5.75 Å². The molecule has 1 amide bonds. The number of carbonyl (C=O) groups is 1. The zero-order chi connectivity index (χ0) is 20.9. The molecule has 152 valence electrons. The average Bonchev–Trinajstić information content (AvgIpc) is 2.62. The van der Waals surface area contributed by atoms with Crippen molar-refractivity contribution < 1.29 is 31.1 Å². The van der Waals surface area contributed by atoms with Gasteiger partial charge in [0.05, 0.1) is 11.4 Å². The Morgan fingerprint density at radius 3 is 2.18 bits per heavy atom. The highest BCUT2D eigenvalue weighted by Gasteiger charge is 2.31. The number of rotatable bonds is 7. The quantitative estimate of drug-likeness (QED) is 0.675. The summed E-state index contributed by atoms with van der Waals surface area (Å²) in [6.45, 7) is -0.465. The van der Waals surface area contributed by atoms with E-state index in [1.165, 1.54) is 43.1 Å². The molecule has 0 bridgehead atoms. The molecule has 0 aromatic heterocycles. The third kappa shape index (κ3) is 6.14. The highest BCUT2D eigenvalue weighted by Crippen LogP contribution is 2.24. The molecule has 0 aliphatic rings. The summed E-state index contributed by atoms with van der Waals surface area (Å²) in [7, 11) is -2.60. The molecule has 6 nitrogen and oxygen atoms in total. The molecule has 0 fully saturated rings. The molecule has 0 spiro atoms. The Labute approximate surface area is 164 Å². The molecular formula is C17H17F3N2O4S2. The van der Waals surface area contributed by atoms with Crippen LogP contribution in [0.15, 0.2) is 58.3 Å². The Bertz CT molecular complexity index is 915. The summed E-state index contributed by atoms with van der Waals surface area (Å²) in [5, 5.41) is 2.42. The van der Waals surface area contributed by atoms with E-state index in [4.69, 9.17) is 0 Å². The lowest BCUT2D eigenvalue weighted by molar-refractivity contribution is -0.274. The van der Waals surface area contributed by atoms with Gasteiger partial charge in [-0.2, -0.15) is 4.31 Å². The zero-order valence-corrected chi connectivity index (χ0v) is 16.5. The van der Waals surface area contributed by atoms with Gasteiger partial charge in [-0.05, 0) is 54.8 Å². The van der Waals surface area contributed by atoms with Crippen molar-refractivity contribution in [2.75, 3.05) is 25.2 Å². The first-order valence-electron chi connectivity index (χ1n) is 7.77.